The highest BCUT2D eigenvalue weighted by Gasteiger charge is 2.16. The van der Waals surface area contributed by atoms with E-state index in [2.05, 4.69) is 29.5 Å². The third-order valence-corrected chi connectivity index (χ3v) is 3.60. The number of alkyl halides is 1. The number of hydrogen-bond donors (Lipinski definition) is 0. The minimum Gasteiger partial charge on any atom is -0.0826 e. The molecule has 0 N–H and O–H groups in total. The summed E-state index contributed by atoms with van der Waals surface area (Å²) in [4.78, 5) is 0. The van der Waals surface area contributed by atoms with E-state index in [0.29, 0.717) is 0 Å². The van der Waals surface area contributed by atoms with E-state index in [4.69, 9.17) is 0 Å². The van der Waals surface area contributed by atoms with Crippen LogP contribution in [0, 0.1) is 5.92 Å². The van der Waals surface area contributed by atoms with Crippen LogP contribution in [0.3, 0.4) is 0 Å². The van der Waals surface area contributed by atoms with Gasteiger partial charge in [-0.25, -0.2) is 0 Å². The van der Waals surface area contributed by atoms with Gasteiger partial charge in [-0.1, -0.05) is 35.9 Å². The molecule has 0 aliphatic heterocycles. The van der Waals surface area contributed by atoms with Crippen LogP contribution in [0.25, 0.3) is 0 Å². The maximum atomic E-state index is 2.58. The molecule has 1 rings (SSSR count). The highest BCUT2D eigenvalue weighted by atomic mass is 127. The van der Waals surface area contributed by atoms with Crippen molar-refractivity contribution < 1.29 is 0 Å². The zero-order valence-electron chi connectivity index (χ0n) is 6.07. The highest BCUT2D eigenvalue weighted by Crippen LogP contribution is 2.30. The van der Waals surface area contributed by atoms with E-state index in [1.807, 2.05) is 0 Å². The van der Waals surface area contributed by atoms with Crippen LogP contribution < -0.4 is 0 Å². The van der Waals surface area contributed by atoms with Crippen molar-refractivity contribution in [3.05, 3.63) is 0 Å². The lowest BCUT2D eigenvalue weighted by Gasteiger charge is -2.23. The monoisotopic (exact) mass is 238 g/mol. The van der Waals surface area contributed by atoms with Crippen LogP contribution in [0.4, 0.5) is 0 Å². The summed E-state index contributed by atoms with van der Waals surface area (Å²) in [6, 6.07) is 0. The van der Waals surface area contributed by atoms with Gasteiger partial charge in [0.2, 0.25) is 0 Å². The van der Waals surface area contributed by atoms with E-state index in [9.17, 15) is 0 Å². The van der Waals surface area contributed by atoms with Crippen molar-refractivity contribution in [3.8, 4) is 0 Å². The Kier molecular flexibility index (Phi) is 3.30. The van der Waals surface area contributed by atoms with Gasteiger partial charge < -0.3 is 0 Å². The first kappa shape index (κ1) is 7.83. The van der Waals surface area contributed by atoms with Crippen molar-refractivity contribution in [1.82, 2.24) is 0 Å². The SMILES string of the molecule is CC[C@H]1CC[C@H](I)CC1. The van der Waals surface area contributed by atoms with Gasteiger partial charge in [-0.05, 0) is 31.6 Å². The molecule has 54 valence electrons. The molecular formula is C8H15I. The largest absolute Gasteiger partial charge is 0.0826 e. The molecule has 1 aliphatic carbocycles. The molecule has 1 heteroatoms. The molecule has 0 bridgehead atoms. The van der Waals surface area contributed by atoms with Crippen LogP contribution in [0.1, 0.15) is 39.0 Å². The predicted molar refractivity (Wildman–Crippen MR) is 50.1 cm³/mol. The van der Waals surface area contributed by atoms with Crippen molar-refractivity contribution in [3.63, 3.8) is 0 Å². The molecule has 0 aromatic rings. The van der Waals surface area contributed by atoms with E-state index < -0.39 is 0 Å². The lowest BCUT2D eigenvalue weighted by Crippen LogP contribution is -2.12. The van der Waals surface area contributed by atoms with Gasteiger partial charge in [0.25, 0.3) is 0 Å². The molecular weight excluding hydrogens is 223 g/mol. The van der Waals surface area contributed by atoms with Gasteiger partial charge in [-0.3, -0.25) is 0 Å². The summed E-state index contributed by atoms with van der Waals surface area (Å²) in [5.41, 5.74) is 0. The topological polar surface area (TPSA) is 0 Å². The van der Waals surface area contributed by atoms with Gasteiger partial charge in [-0.15, -0.1) is 0 Å². The zero-order valence-corrected chi connectivity index (χ0v) is 8.23. The second-order valence-electron chi connectivity index (χ2n) is 3.03. The molecule has 0 spiro atoms. The molecule has 0 nitrogen and oxygen atoms in total. The van der Waals surface area contributed by atoms with Crippen LogP contribution in [0.5, 0.6) is 0 Å². The lowest BCUT2D eigenvalue weighted by molar-refractivity contribution is 0.362. The molecule has 1 fully saturated rings. The quantitative estimate of drug-likeness (QED) is 0.485. The Hall–Kier alpha value is 0.730. The van der Waals surface area contributed by atoms with Gasteiger partial charge >= 0.3 is 0 Å². The van der Waals surface area contributed by atoms with Gasteiger partial charge in [0, 0.05) is 3.92 Å². The fraction of sp³-hybridized carbons (Fsp3) is 1.00. The summed E-state index contributed by atoms with van der Waals surface area (Å²) in [6.07, 6.45) is 7.33. The van der Waals surface area contributed by atoms with E-state index in [0.717, 1.165) is 9.84 Å². The maximum Gasteiger partial charge on any atom is 0.0110 e. The van der Waals surface area contributed by atoms with Gasteiger partial charge in [0.15, 0.2) is 0 Å². The van der Waals surface area contributed by atoms with Crippen molar-refractivity contribution in [1.29, 1.82) is 0 Å². The summed E-state index contributed by atoms with van der Waals surface area (Å²) in [6.45, 7) is 2.32. The smallest absolute Gasteiger partial charge is 0.0110 e. The van der Waals surface area contributed by atoms with E-state index in [1.165, 1.54) is 32.1 Å². The Morgan fingerprint density at radius 2 is 1.78 bits per heavy atom. The molecule has 0 amide bonds. The van der Waals surface area contributed by atoms with E-state index >= 15 is 0 Å². The number of halogens is 1. The van der Waals surface area contributed by atoms with Crippen molar-refractivity contribution >= 4 is 22.6 Å². The van der Waals surface area contributed by atoms with Crippen LogP contribution in [-0.2, 0) is 0 Å². The summed E-state index contributed by atoms with van der Waals surface area (Å²) in [5, 5.41) is 0. The number of rotatable bonds is 1. The fourth-order valence-electron chi connectivity index (χ4n) is 1.53. The molecule has 0 saturated heterocycles. The Morgan fingerprint density at radius 3 is 2.22 bits per heavy atom. The second kappa shape index (κ2) is 3.79. The molecule has 1 saturated carbocycles. The Labute approximate surface area is 71.5 Å². The summed E-state index contributed by atoms with van der Waals surface area (Å²) in [5.74, 6) is 1.07. The maximum absolute atomic E-state index is 2.58. The number of hydrogen-bond acceptors (Lipinski definition) is 0. The molecule has 0 aromatic heterocycles. The van der Waals surface area contributed by atoms with Crippen molar-refractivity contribution in [2.75, 3.05) is 0 Å². The first-order valence-electron chi connectivity index (χ1n) is 3.97. The summed E-state index contributed by atoms with van der Waals surface area (Å²) >= 11 is 2.58. The molecule has 0 heterocycles. The third-order valence-electron chi connectivity index (χ3n) is 2.35. The molecule has 0 unspecified atom stereocenters. The van der Waals surface area contributed by atoms with Gasteiger partial charge in [-0.2, -0.15) is 0 Å². The molecule has 0 aromatic carbocycles. The first-order valence-corrected chi connectivity index (χ1v) is 5.21. The minimum atomic E-state index is 0.991. The Morgan fingerprint density at radius 1 is 1.22 bits per heavy atom. The predicted octanol–water partition coefficient (Wildman–Crippen LogP) is 3.39. The summed E-state index contributed by atoms with van der Waals surface area (Å²) in [7, 11) is 0. The van der Waals surface area contributed by atoms with Crippen LogP contribution in [0.15, 0.2) is 0 Å². The second-order valence-corrected chi connectivity index (χ2v) is 4.79. The Bertz CT molecular complexity index is 72.6. The molecule has 9 heavy (non-hydrogen) atoms. The lowest BCUT2D eigenvalue weighted by atomic mass is 9.88. The van der Waals surface area contributed by atoms with E-state index in [1.54, 1.807) is 0 Å². The summed E-state index contributed by atoms with van der Waals surface area (Å²) < 4.78 is 0.991. The first-order chi connectivity index (χ1) is 4.33. The molecule has 0 radical (unpaired) electrons. The average molecular weight is 238 g/mol. The van der Waals surface area contributed by atoms with Crippen molar-refractivity contribution in [2.45, 2.75) is 43.0 Å². The van der Waals surface area contributed by atoms with Gasteiger partial charge in [0.05, 0.1) is 0 Å². The van der Waals surface area contributed by atoms with Crippen LogP contribution in [-0.4, -0.2) is 3.92 Å². The molecule has 1 aliphatic rings. The third kappa shape index (κ3) is 2.44. The van der Waals surface area contributed by atoms with Gasteiger partial charge in [0.1, 0.15) is 0 Å². The zero-order chi connectivity index (χ0) is 6.69. The van der Waals surface area contributed by atoms with Crippen LogP contribution in [0.2, 0.25) is 0 Å². The molecule has 0 atom stereocenters. The standard InChI is InChI=1S/C8H15I/c1-2-7-3-5-8(9)6-4-7/h7-8H,2-6H2,1H3/t7-,8-. The fourth-order valence-corrected chi connectivity index (χ4v) is 2.25. The van der Waals surface area contributed by atoms with Crippen molar-refractivity contribution in [2.24, 2.45) is 5.92 Å². The highest BCUT2D eigenvalue weighted by molar-refractivity contribution is 14.1. The van der Waals surface area contributed by atoms with E-state index in [-0.39, 0.29) is 0 Å². The average Bonchev–Trinajstić information content (AvgIpc) is 1.90. The normalized spacial score (nSPS) is 36.7. The Balaban J connectivity index is 2.18. The van der Waals surface area contributed by atoms with Crippen LogP contribution >= 0.6 is 22.6 Å². The minimum absolute atomic E-state index is 0.991.